The molecule has 0 bridgehead atoms. The minimum absolute atomic E-state index is 0.0106. The van der Waals surface area contributed by atoms with Gasteiger partial charge in [0.25, 0.3) is 5.91 Å². The summed E-state index contributed by atoms with van der Waals surface area (Å²) < 4.78 is 11.5. The molecule has 0 spiro atoms. The summed E-state index contributed by atoms with van der Waals surface area (Å²) >= 11 is 0. The van der Waals surface area contributed by atoms with Crippen LogP contribution in [-0.2, 0) is 9.47 Å². The Morgan fingerprint density at radius 1 is 1.32 bits per heavy atom. The lowest BCUT2D eigenvalue weighted by Crippen LogP contribution is -2.50. The van der Waals surface area contributed by atoms with Crippen molar-refractivity contribution < 1.29 is 14.3 Å². The van der Waals surface area contributed by atoms with E-state index in [1.807, 2.05) is 18.2 Å². The number of hydrogen-bond acceptors (Lipinski definition) is 5. The fourth-order valence-electron chi connectivity index (χ4n) is 2.93. The van der Waals surface area contributed by atoms with Crippen molar-refractivity contribution in [2.24, 2.45) is 5.92 Å². The predicted octanol–water partition coefficient (Wildman–Crippen LogP) is 1.79. The van der Waals surface area contributed by atoms with Crippen LogP contribution in [0.3, 0.4) is 0 Å². The van der Waals surface area contributed by atoms with Crippen molar-refractivity contribution in [1.82, 2.24) is 20.5 Å². The Balaban J connectivity index is 1.39. The number of hydrogen-bond donors (Lipinski definition) is 2. The lowest BCUT2D eigenvalue weighted by Gasteiger charge is -2.32. The number of H-pyrrole nitrogens is 1. The Morgan fingerprint density at radius 2 is 2.24 bits per heavy atom. The number of rotatable bonds is 6. The number of nitrogens with zero attached hydrogens (tertiary/aromatic N) is 2. The Labute approximate surface area is 146 Å². The Morgan fingerprint density at radius 3 is 3.04 bits per heavy atom. The van der Waals surface area contributed by atoms with Crippen molar-refractivity contribution >= 4 is 5.91 Å². The quantitative estimate of drug-likeness (QED) is 0.835. The molecule has 25 heavy (non-hydrogen) atoms. The molecule has 132 valence electrons. The summed E-state index contributed by atoms with van der Waals surface area (Å²) in [5.74, 6) is 0.498. The number of pyridine rings is 1. The fourth-order valence-corrected chi connectivity index (χ4v) is 2.93. The molecule has 1 saturated carbocycles. The summed E-state index contributed by atoms with van der Waals surface area (Å²) in [6, 6.07) is 7.16. The average molecular weight is 342 g/mol. The third kappa shape index (κ3) is 4.05. The third-order valence-electron chi connectivity index (χ3n) is 4.60. The second-order valence-electron chi connectivity index (χ2n) is 6.64. The van der Waals surface area contributed by atoms with Gasteiger partial charge in [0.2, 0.25) is 0 Å². The van der Waals surface area contributed by atoms with E-state index in [1.165, 1.54) is 12.8 Å². The van der Waals surface area contributed by atoms with Crippen molar-refractivity contribution in [1.29, 1.82) is 0 Å². The number of ether oxygens (including phenoxy) is 2. The number of carbonyl (C=O) groups is 1. The van der Waals surface area contributed by atoms with Gasteiger partial charge in [-0.25, -0.2) is 0 Å². The van der Waals surface area contributed by atoms with Crippen molar-refractivity contribution in [2.45, 2.75) is 31.4 Å². The Bertz CT molecular complexity index is 714. The molecule has 1 aliphatic heterocycles. The molecule has 2 N–H and O–H groups in total. The summed E-state index contributed by atoms with van der Waals surface area (Å²) in [5.41, 5.74) is 1.78. The number of amides is 1. The fraction of sp³-hybridized carbons (Fsp3) is 0.500. The maximum Gasteiger partial charge on any atom is 0.269 e. The smallest absolute Gasteiger partial charge is 0.269 e. The first-order chi connectivity index (χ1) is 12.3. The monoisotopic (exact) mass is 342 g/mol. The van der Waals surface area contributed by atoms with E-state index in [2.05, 4.69) is 20.5 Å². The van der Waals surface area contributed by atoms with E-state index in [4.69, 9.17) is 9.47 Å². The van der Waals surface area contributed by atoms with Crippen molar-refractivity contribution in [3.05, 3.63) is 36.2 Å². The molecule has 2 aromatic rings. The molecule has 2 fully saturated rings. The molecule has 2 atom stereocenters. The van der Waals surface area contributed by atoms with E-state index in [1.54, 1.807) is 12.3 Å². The zero-order valence-corrected chi connectivity index (χ0v) is 14.0. The van der Waals surface area contributed by atoms with Gasteiger partial charge in [0.1, 0.15) is 11.4 Å². The van der Waals surface area contributed by atoms with E-state index in [-0.39, 0.29) is 18.1 Å². The molecule has 3 heterocycles. The number of nitrogens with one attached hydrogen (secondary N) is 2. The third-order valence-corrected chi connectivity index (χ3v) is 4.60. The van der Waals surface area contributed by atoms with Crippen LogP contribution in [0.5, 0.6) is 0 Å². The van der Waals surface area contributed by atoms with Gasteiger partial charge in [-0.3, -0.25) is 14.9 Å². The van der Waals surface area contributed by atoms with E-state index in [0.29, 0.717) is 30.5 Å². The van der Waals surface area contributed by atoms with E-state index >= 15 is 0 Å². The minimum atomic E-state index is -0.204. The van der Waals surface area contributed by atoms with Crippen LogP contribution < -0.4 is 5.32 Å². The topological polar surface area (TPSA) is 89.1 Å². The van der Waals surface area contributed by atoms with Gasteiger partial charge in [-0.1, -0.05) is 6.07 Å². The first-order valence-electron chi connectivity index (χ1n) is 8.76. The molecule has 0 aromatic carbocycles. The van der Waals surface area contributed by atoms with Gasteiger partial charge in [0, 0.05) is 19.4 Å². The molecule has 1 amide bonds. The summed E-state index contributed by atoms with van der Waals surface area (Å²) in [6.07, 6.45) is 5.02. The van der Waals surface area contributed by atoms with Gasteiger partial charge in [-0.2, -0.15) is 5.10 Å². The summed E-state index contributed by atoms with van der Waals surface area (Å²) in [5, 5.41) is 9.98. The van der Waals surface area contributed by atoms with Crippen LogP contribution in [0.15, 0.2) is 30.5 Å². The van der Waals surface area contributed by atoms with Crippen LogP contribution in [0, 0.1) is 5.92 Å². The Hall–Kier alpha value is -2.25. The van der Waals surface area contributed by atoms with E-state index in [9.17, 15) is 4.79 Å². The first kappa shape index (κ1) is 16.2. The molecule has 0 radical (unpaired) electrons. The van der Waals surface area contributed by atoms with E-state index in [0.717, 1.165) is 18.7 Å². The molecule has 1 saturated heterocycles. The molecule has 0 unspecified atom stereocenters. The van der Waals surface area contributed by atoms with Gasteiger partial charge < -0.3 is 14.8 Å². The predicted molar refractivity (Wildman–Crippen MR) is 91.0 cm³/mol. The average Bonchev–Trinajstić information content (AvgIpc) is 3.35. The van der Waals surface area contributed by atoms with Crippen molar-refractivity contribution in [3.63, 3.8) is 0 Å². The van der Waals surface area contributed by atoms with Gasteiger partial charge in [0.05, 0.1) is 24.4 Å². The Kier molecular flexibility index (Phi) is 4.76. The highest BCUT2D eigenvalue weighted by molar-refractivity contribution is 5.93. The van der Waals surface area contributed by atoms with Crippen LogP contribution in [0.25, 0.3) is 11.4 Å². The van der Waals surface area contributed by atoms with Crippen LogP contribution in [0.2, 0.25) is 0 Å². The first-order valence-corrected chi connectivity index (χ1v) is 8.76. The molecule has 7 heteroatoms. The molecular weight excluding hydrogens is 320 g/mol. The van der Waals surface area contributed by atoms with Gasteiger partial charge in [0.15, 0.2) is 0 Å². The molecule has 2 aromatic heterocycles. The number of aromatic amines is 1. The van der Waals surface area contributed by atoms with Crippen LogP contribution in [0.1, 0.15) is 29.8 Å². The maximum atomic E-state index is 12.5. The summed E-state index contributed by atoms with van der Waals surface area (Å²) in [6.45, 7) is 1.93. The van der Waals surface area contributed by atoms with Crippen LogP contribution in [0.4, 0.5) is 0 Å². The largest absolute Gasteiger partial charge is 0.379 e. The molecule has 7 nitrogen and oxygen atoms in total. The highest BCUT2D eigenvalue weighted by atomic mass is 16.5. The standard InChI is InChI=1S/C18H22N4O3/c23-18(15-9-14(21-22-15)13-3-1-2-7-19-13)20-16-11-24-8-6-17(16)25-10-12-4-5-12/h1-3,7,9,12,16-17H,4-6,8,10-11H2,(H,20,23)(H,21,22)/t16-,17+/m1/s1. The van der Waals surface area contributed by atoms with Crippen molar-refractivity contribution in [3.8, 4) is 11.4 Å². The zero-order valence-electron chi connectivity index (χ0n) is 14.0. The summed E-state index contributed by atoms with van der Waals surface area (Å²) in [7, 11) is 0. The molecule has 4 rings (SSSR count). The van der Waals surface area contributed by atoms with Gasteiger partial charge in [-0.15, -0.1) is 0 Å². The summed E-state index contributed by atoms with van der Waals surface area (Å²) in [4.78, 5) is 16.8. The number of carbonyl (C=O) groups excluding carboxylic acids is 1. The highest BCUT2D eigenvalue weighted by Gasteiger charge is 2.31. The van der Waals surface area contributed by atoms with E-state index < -0.39 is 0 Å². The minimum Gasteiger partial charge on any atom is -0.379 e. The zero-order chi connectivity index (χ0) is 17.1. The lowest BCUT2D eigenvalue weighted by molar-refractivity contribution is -0.0567. The second kappa shape index (κ2) is 7.33. The van der Waals surface area contributed by atoms with Crippen molar-refractivity contribution in [2.75, 3.05) is 19.8 Å². The normalized spacial score (nSPS) is 23.4. The van der Waals surface area contributed by atoms with Gasteiger partial charge >= 0.3 is 0 Å². The molecule has 2 aliphatic rings. The SMILES string of the molecule is O=C(N[C@@H]1COCC[C@@H]1OCC1CC1)c1cc(-c2ccccn2)n[nH]1. The lowest BCUT2D eigenvalue weighted by atomic mass is 10.1. The van der Waals surface area contributed by atoms with Crippen LogP contribution in [-0.4, -0.2) is 53.1 Å². The maximum absolute atomic E-state index is 12.5. The molecule has 1 aliphatic carbocycles. The second-order valence-corrected chi connectivity index (χ2v) is 6.64. The molecular formula is C18H22N4O3. The highest BCUT2D eigenvalue weighted by Crippen LogP contribution is 2.30. The van der Waals surface area contributed by atoms with Gasteiger partial charge in [-0.05, 0) is 43.4 Å². The number of aromatic nitrogens is 3. The van der Waals surface area contributed by atoms with Crippen LogP contribution >= 0.6 is 0 Å².